The van der Waals surface area contributed by atoms with Crippen molar-refractivity contribution in [3.05, 3.63) is 0 Å². The molecule has 0 unspecified atom stereocenters. The number of hydrogen-bond acceptors (Lipinski definition) is 1. The third-order valence-electron chi connectivity index (χ3n) is 0.601. The number of rotatable bonds is 0. The van der Waals surface area contributed by atoms with Gasteiger partial charge < -0.3 is 0 Å². The second-order valence-corrected chi connectivity index (χ2v) is 1.10. The minimum absolute atomic E-state index is 0.0370. The molecule has 6 heavy (non-hydrogen) atoms. The maximum Gasteiger partial charge on any atom is 0.284 e. The van der Waals surface area contributed by atoms with E-state index in [0.29, 0.717) is 6.42 Å². The van der Waals surface area contributed by atoms with Gasteiger partial charge in [0.2, 0.25) is 0 Å². The van der Waals surface area contributed by atoms with Gasteiger partial charge in [-0.3, -0.25) is 4.79 Å². The van der Waals surface area contributed by atoms with Crippen molar-refractivity contribution in [1.82, 2.24) is 5.43 Å². The van der Waals surface area contributed by atoms with Crippen molar-refractivity contribution in [2.24, 2.45) is 0 Å². The van der Waals surface area contributed by atoms with Gasteiger partial charge in [0, 0.05) is 0 Å². The first kappa shape index (κ1) is 3.33. The molecule has 1 aliphatic heterocycles. The molecular weight excluding hydrogens is 80.0 g/mol. The maximum absolute atomic E-state index is 10.0. The zero-order valence-electron chi connectivity index (χ0n) is 3.19. The average Bonchev–Trinajstić information content (AvgIpc) is 1.86. The number of nitrogens with one attached hydrogen (secondary N) is 2. The van der Waals surface area contributed by atoms with Gasteiger partial charge in [-0.1, -0.05) is 0 Å². The summed E-state index contributed by atoms with van der Waals surface area (Å²) < 4.78 is 0. The van der Waals surface area contributed by atoms with E-state index in [0.717, 1.165) is 0 Å². The molecule has 0 aromatic rings. The van der Waals surface area contributed by atoms with Gasteiger partial charge in [-0.15, -0.1) is 10.5 Å². The third-order valence-corrected chi connectivity index (χ3v) is 0.601. The third kappa shape index (κ3) is 0.381. The molecule has 1 amide bonds. The predicted octanol–water partition coefficient (Wildman–Crippen LogP) is -2.43. The standard InChI is InChI=1S/C3H4N2O/c6-3-1-2-4-5-3/h2H,1H2,(H,5,6)/p+1. The molecule has 1 heterocycles. The minimum atomic E-state index is 0.0370. The zero-order valence-corrected chi connectivity index (χ0v) is 3.19. The monoisotopic (exact) mass is 85.0 g/mol. The van der Waals surface area contributed by atoms with E-state index >= 15 is 0 Å². The lowest BCUT2D eigenvalue weighted by molar-refractivity contribution is -0.499. The van der Waals surface area contributed by atoms with Crippen LogP contribution in [0.3, 0.4) is 0 Å². The van der Waals surface area contributed by atoms with E-state index in [1.807, 2.05) is 0 Å². The highest BCUT2D eigenvalue weighted by atomic mass is 16.2. The number of hydrazone groups is 1. The molecule has 0 aliphatic carbocycles. The van der Waals surface area contributed by atoms with Crippen LogP contribution in [0.2, 0.25) is 0 Å². The lowest BCUT2D eigenvalue weighted by atomic mass is 10.5. The molecular formula is C3H5N2O+. The van der Waals surface area contributed by atoms with Crippen molar-refractivity contribution in [3.63, 3.8) is 0 Å². The van der Waals surface area contributed by atoms with Crippen LogP contribution in [-0.2, 0) is 4.79 Å². The molecule has 0 fully saturated rings. The van der Waals surface area contributed by atoms with E-state index in [9.17, 15) is 4.79 Å². The van der Waals surface area contributed by atoms with Gasteiger partial charge in [-0.25, -0.2) is 0 Å². The predicted molar refractivity (Wildman–Crippen MR) is 19.8 cm³/mol. The number of amides is 1. The molecule has 0 radical (unpaired) electrons. The van der Waals surface area contributed by atoms with Gasteiger partial charge in [0.05, 0.1) is 0 Å². The van der Waals surface area contributed by atoms with Gasteiger partial charge in [-0.05, 0) is 0 Å². The Morgan fingerprint density at radius 1 is 2.00 bits per heavy atom. The van der Waals surface area contributed by atoms with Crippen LogP contribution in [0.25, 0.3) is 0 Å². The summed E-state index contributed by atoms with van der Waals surface area (Å²) in [6.07, 6.45) is 2.17. The normalized spacial score (nSPS) is 18.3. The van der Waals surface area contributed by atoms with Crippen LogP contribution < -0.4 is 10.5 Å². The quantitative estimate of drug-likeness (QED) is 0.337. The molecule has 0 saturated carbocycles. The van der Waals surface area contributed by atoms with Gasteiger partial charge in [0.25, 0.3) is 5.91 Å². The molecule has 1 rings (SSSR count). The van der Waals surface area contributed by atoms with Crippen LogP contribution in [-0.4, -0.2) is 12.1 Å². The van der Waals surface area contributed by atoms with E-state index in [2.05, 4.69) is 10.5 Å². The van der Waals surface area contributed by atoms with Gasteiger partial charge in [0.1, 0.15) is 6.42 Å². The smallest absolute Gasteiger partial charge is 0.269 e. The van der Waals surface area contributed by atoms with E-state index in [4.69, 9.17) is 0 Å². The second-order valence-electron chi connectivity index (χ2n) is 1.10. The lowest BCUT2D eigenvalue weighted by Crippen LogP contribution is -2.77. The number of carbonyl (C=O) groups is 1. The fourth-order valence-corrected chi connectivity index (χ4v) is 0.326. The first-order valence-electron chi connectivity index (χ1n) is 1.75. The van der Waals surface area contributed by atoms with Gasteiger partial charge >= 0.3 is 0 Å². The Morgan fingerprint density at radius 3 is 3.00 bits per heavy atom. The Morgan fingerprint density at radius 2 is 2.83 bits per heavy atom. The summed E-state index contributed by atoms with van der Waals surface area (Å²) in [4.78, 5) is 10.0. The molecule has 32 valence electrons. The van der Waals surface area contributed by atoms with Crippen molar-refractivity contribution in [3.8, 4) is 0 Å². The van der Waals surface area contributed by atoms with Crippen molar-refractivity contribution in [1.29, 1.82) is 0 Å². The highest BCUT2D eigenvalue weighted by Crippen LogP contribution is 1.66. The first-order valence-corrected chi connectivity index (χ1v) is 1.75. The fourth-order valence-electron chi connectivity index (χ4n) is 0.326. The number of hydrogen-bond donors (Lipinski definition) is 2. The Kier molecular flexibility index (Phi) is 0.602. The van der Waals surface area contributed by atoms with Crippen LogP contribution in [0.15, 0.2) is 0 Å². The Labute approximate surface area is 35.0 Å². The maximum atomic E-state index is 10.0. The minimum Gasteiger partial charge on any atom is -0.269 e. The van der Waals surface area contributed by atoms with Crippen molar-refractivity contribution in [2.75, 3.05) is 0 Å². The van der Waals surface area contributed by atoms with E-state index in [1.165, 1.54) is 0 Å². The van der Waals surface area contributed by atoms with Crippen LogP contribution in [0, 0.1) is 0 Å². The van der Waals surface area contributed by atoms with E-state index in [1.54, 1.807) is 6.21 Å². The molecule has 3 heteroatoms. The van der Waals surface area contributed by atoms with Gasteiger partial charge in [-0.2, -0.15) is 0 Å². The summed E-state index contributed by atoms with van der Waals surface area (Å²) in [6, 6.07) is 0. The zero-order chi connectivity index (χ0) is 4.41. The van der Waals surface area contributed by atoms with E-state index in [-0.39, 0.29) is 5.91 Å². The van der Waals surface area contributed by atoms with Crippen molar-refractivity contribution < 1.29 is 9.90 Å². The van der Waals surface area contributed by atoms with E-state index < -0.39 is 0 Å². The molecule has 2 N–H and O–H groups in total. The Balaban J connectivity index is 2.52. The second kappa shape index (κ2) is 1.08. The van der Waals surface area contributed by atoms with Crippen LogP contribution in [0.5, 0.6) is 0 Å². The SMILES string of the molecule is O=C1CC=[NH+]N1. The summed E-state index contributed by atoms with van der Waals surface area (Å²) in [6.45, 7) is 0. The highest BCUT2D eigenvalue weighted by Gasteiger charge is 2.06. The van der Waals surface area contributed by atoms with Crippen molar-refractivity contribution in [2.45, 2.75) is 6.42 Å². The molecule has 0 bridgehead atoms. The molecule has 3 nitrogen and oxygen atoms in total. The number of carbonyl (C=O) groups excluding carboxylic acids is 1. The van der Waals surface area contributed by atoms with Gasteiger partial charge in [0.15, 0.2) is 6.21 Å². The Hall–Kier alpha value is -0.860. The fraction of sp³-hybridized carbons (Fsp3) is 0.333. The molecule has 0 atom stereocenters. The average molecular weight is 85.1 g/mol. The number of hydrazine groups is 1. The topological polar surface area (TPSA) is 43.1 Å². The van der Waals surface area contributed by atoms with Crippen molar-refractivity contribution >= 4 is 12.1 Å². The van der Waals surface area contributed by atoms with Crippen LogP contribution >= 0.6 is 0 Å². The Bertz CT molecular complexity index is 87.0. The molecule has 0 aromatic carbocycles. The summed E-state index contributed by atoms with van der Waals surface area (Å²) in [7, 11) is 0. The first-order chi connectivity index (χ1) is 2.89. The summed E-state index contributed by atoms with van der Waals surface area (Å²) >= 11 is 0. The molecule has 1 aliphatic rings. The van der Waals surface area contributed by atoms with Crippen LogP contribution in [0.4, 0.5) is 0 Å². The largest absolute Gasteiger partial charge is 0.284 e. The highest BCUT2D eigenvalue weighted by molar-refractivity contribution is 5.89. The summed E-state index contributed by atoms with van der Waals surface area (Å²) in [5.74, 6) is 0.0370. The lowest BCUT2D eigenvalue weighted by Gasteiger charge is -1.70. The molecule has 0 spiro atoms. The summed E-state index contributed by atoms with van der Waals surface area (Å²) in [5.41, 5.74) is 2.38. The summed E-state index contributed by atoms with van der Waals surface area (Å²) in [5, 5.41) is 2.55. The van der Waals surface area contributed by atoms with Crippen LogP contribution in [0.1, 0.15) is 6.42 Å². The molecule has 0 aromatic heterocycles. The molecule has 0 saturated heterocycles.